The van der Waals surface area contributed by atoms with E-state index in [1.165, 1.54) is 13.2 Å². The molecule has 6 heteroatoms. The highest BCUT2D eigenvalue weighted by Gasteiger charge is 2.11. The lowest BCUT2D eigenvalue weighted by atomic mass is 10.1. The van der Waals surface area contributed by atoms with Gasteiger partial charge in [-0.2, -0.15) is 0 Å². The summed E-state index contributed by atoms with van der Waals surface area (Å²) in [6.07, 6.45) is 0. The van der Waals surface area contributed by atoms with Crippen molar-refractivity contribution in [3.05, 3.63) is 44.8 Å². The largest absolute Gasteiger partial charge is 0.465 e. The Kier molecular flexibility index (Phi) is 4.17. The van der Waals surface area contributed by atoms with Crippen molar-refractivity contribution in [1.29, 1.82) is 0 Å². The van der Waals surface area contributed by atoms with Gasteiger partial charge >= 0.3 is 5.97 Å². The van der Waals surface area contributed by atoms with Crippen molar-refractivity contribution in [2.24, 2.45) is 5.11 Å². The minimum Gasteiger partial charge on any atom is -0.465 e. The number of ether oxygens (including phenoxy) is 1. The Morgan fingerprint density at radius 1 is 1.62 bits per heavy atom. The quantitative estimate of drug-likeness (QED) is 0.350. The monoisotopic (exact) mass is 239 g/mol. The Balaban J connectivity index is 3.09. The first-order valence-electron chi connectivity index (χ1n) is 4.52. The fourth-order valence-corrected chi connectivity index (χ4v) is 1.59. The van der Waals surface area contributed by atoms with Crippen LogP contribution in [0.3, 0.4) is 0 Å². The third kappa shape index (κ3) is 2.66. The lowest BCUT2D eigenvalue weighted by molar-refractivity contribution is 0.0600. The van der Waals surface area contributed by atoms with Gasteiger partial charge in [-0.1, -0.05) is 29.7 Å². The molecule has 0 heterocycles. The first kappa shape index (κ1) is 12.4. The summed E-state index contributed by atoms with van der Waals surface area (Å²) in [5.74, 6) is -0.454. The molecule has 1 aromatic carbocycles. The van der Waals surface area contributed by atoms with Crippen LogP contribution in [0.4, 0.5) is 0 Å². The van der Waals surface area contributed by atoms with Gasteiger partial charge in [0.2, 0.25) is 0 Å². The molecule has 5 nitrogen and oxygen atoms in total. The zero-order valence-corrected chi connectivity index (χ0v) is 9.60. The van der Waals surface area contributed by atoms with E-state index in [0.717, 1.165) is 0 Å². The molecule has 1 rings (SSSR count). The normalized spacial score (nSPS) is 11.4. The van der Waals surface area contributed by atoms with Gasteiger partial charge in [0.15, 0.2) is 0 Å². The number of methoxy groups -OCH3 is 1. The second kappa shape index (κ2) is 5.39. The molecule has 0 saturated carbocycles. The fourth-order valence-electron chi connectivity index (χ4n) is 1.25. The van der Waals surface area contributed by atoms with Crippen LogP contribution in [0.15, 0.2) is 23.3 Å². The van der Waals surface area contributed by atoms with Gasteiger partial charge in [0.25, 0.3) is 0 Å². The molecular formula is C10H10ClN3O2. The van der Waals surface area contributed by atoms with Crippen molar-refractivity contribution in [1.82, 2.24) is 0 Å². The van der Waals surface area contributed by atoms with Crippen LogP contribution in [0.5, 0.6) is 0 Å². The van der Waals surface area contributed by atoms with Crippen LogP contribution in [-0.4, -0.2) is 13.1 Å². The molecule has 0 aliphatic rings. The van der Waals surface area contributed by atoms with Gasteiger partial charge in [-0.15, -0.1) is 0 Å². The molecule has 1 aromatic rings. The van der Waals surface area contributed by atoms with Gasteiger partial charge in [-0.3, -0.25) is 0 Å². The fraction of sp³-hybridized carbons (Fsp3) is 0.300. The highest BCUT2D eigenvalue weighted by atomic mass is 35.5. The number of benzene rings is 1. The topological polar surface area (TPSA) is 75.1 Å². The van der Waals surface area contributed by atoms with E-state index in [1.54, 1.807) is 19.1 Å². The number of carbonyl (C=O) groups is 1. The second-order valence-corrected chi connectivity index (χ2v) is 3.52. The number of carbonyl (C=O) groups excluding carboxylic acids is 1. The van der Waals surface area contributed by atoms with Crippen molar-refractivity contribution < 1.29 is 9.53 Å². The van der Waals surface area contributed by atoms with Crippen LogP contribution >= 0.6 is 11.6 Å². The molecule has 16 heavy (non-hydrogen) atoms. The number of azide groups is 1. The first-order chi connectivity index (χ1) is 7.60. The van der Waals surface area contributed by atoms with E-state index in [-0.39, 0.29) is 6.04 Å². The smallest absolute Gasteiger partial charge is 0.337 e. The third-order valence-electron chi connectivity index (χ3n) is 2.10. The van der Waals surface area contributed by atoms with Crippen molar-refractivity contribution in [3.63, 3.8) is 0 Å². The molecule has 1 unspecified atom stereocenters. The molecule has 1 atom stereocenters. The van der Waals surface area contributed by atoms with Gasteiger partial charge in [0, 0.05) is 9.93 Å². The van der Waals surface area contributed by atoms with Crippen LogP contribution in [0, 0.1) is 0 Å². The Labute approximate surface area is 97.6 Å². The standard InChI is InChI=1S/C10H10ClN3O2/c1-6(13-14-12)8-4-3-7(5-9(8)11)10(15)16-2/h3-6H,1-2H3. The number of esters is 1. The highest BCUT2D eigenvalue weighted by Crippen LogP contribution is 2.26. The summed E-state index contributed by atoms with van der Waals surface area (Å²) in [6.45, 7) is 1.72. The zero-order valence-electron chi connectivity index (χ0n) is 8.85. The number of nitrogens with zero attached hydrogens (tertiary/aromatic N) is 3. The Morgan fingerprint density at radius 2 is 2.31 bits per heavy atom. The summed E-state index contributed by atoms with van der Waals surface area (Å²) in [6, 6.07) is 4.35. The molecule has 0 radical (unpaired) electrons. The summed E-state index contributed by atoms with van der Waals surface area (Å²) >= 11 is 5.97. The second-order valence-electron chi connectivity index (χ2n) is 3.11. The van der Waals surface area contributed by atoms with E-state index < -0.39 is 5.97 Å². The molecule has 0 bridgehead atoms. The van der Waals surface area contributed by atoms with Crippen molar-refractivity contribution >= 4 is 17.6 Å². The van der Waals surface area contributed by atoms with E-state index in [2.05, 4.69) is 14.8 Å². The summed E-state index contributed by atoms with van der Waals surface area (Å²) in [5, 5.41) is 3.91. The predicted molar refractivity (Wildman–Crippen MR) is 60.4 cm³/mol. The maximum Gasteiger partial charge on any atom is 0.337 e. The van der Waals surface area contributed by atoms with Gasteiger partial charge < -0.3 is 4.74 Å². The Bertz CT molecular complexity index is 455. The molecular weight excluding hydrogens is 230 g/mol. The first-order valence-corrected chi connectivity index (χ1v) is 4.90. The van der Waals surface area contributed by atoms with E-state index >= 15 is 0 Å². The molecule has 0 spiro atoms. The van der Waals surface area contributed by atoms with Gasteiger partial charge in [-0.25, -0.2) is 4.79 Å². The molecule has 0 aliphatic heterocycles. The highest BCUT2D eigenvalue weighted by molar-refractivity contribution is 6.31. The molecule has 0 aliphatic carbocycles. The summed E-state index contributed by atoms with van der Waals surface area (Å²) in [4.78, 5) is 13.9. The third-order valence-corrected chi connectivity index (χ3v) is 2.42. The number of hydrogen-bond acceptors (Lipinski definition) is 3. The number of hydrogen-bond donors (Lipinski definition) is 0. The minimum atomic E-state index is -0.454. The van der Waals surface area contributed by atoms with Crippen LogP contribution < -0.4 is 0 Å². The van der Waals surface area contributed by atoms with Crippen molar-refractivity contribution in [2.45, 2.75) is 13.0 Å². The Hall–Kier alpha value is -1.71. The summed E-state index contributed by atoms with van der Waals surface area (Å²) < 4.78 is 4.56. The van der Waals surface area contributed by atoms with Gasteiger partial charge in [0.1, 0.15) is 0 Å². The van der Waals surface area contributed by atoms with Gasteiger partial charge in [-0.05, 0) is 23.2 Å². The number of rotatable bonds is 3. The molecule has 0 saturated heterocycles. The average molecular weight is 240 g/mol. The summed E-state index contributed by atoms with van der Waals surface area (Å²) in [5.41, 5.74) is 9.35. The maximum absolute atomic E-state index is 11.2. The van der Waals surface area contributed by atoms with E-state index in [9.17, 15) is 4.79 Å². The van der Waals surface area contributed by atoms with E-state index in [4.69, 9.17) is 17.1 Å². The molecule has 0 N–H and O–H groups in total. The molecule has 0 fully saturated rings. The van der Waals surface area contributed by atoms with Crippen molar-refractivity contribution in [2.75, 3.05) is 7.11 Å². The molecule has 0 amide bonds. The molecule has 0 aromatic heterocycles. The van der Waals surface area contributed by atoms with E-state index in [1.807, 2.05) is 0 Å². The molecule has 84 valence electrons. The average Bonchev–Trinajstić information content (AvgIpc) is 2.28. The van der Waals surface area contributed by atoms with Crippen LogP contribution in [0.2, 0.25) is 5.02 Å². The van der Waals surface area contributed by atoms with Crippen LogP contribution in [-0.2, 0) is 4.74 Å². The lowest BCUT2D eigenvalue weighted by Crippen LogP contribution is -2.02. The zero-order chi connectivity index (χ0) is 12.1. The lowest BCUT2D eigenvalue weighted by Gasteiger charge is -2.08. The predicted octanol–water partition coefficient (Wildman–Crippen LogP) is 3.50. The minimum absolute atomic E-state index is 0.365. The number of halogens is 1. The van der Waals surface area contributed by atoms with E-state index in [0.29, 0.717) is 16.1 Å². The van der Waals surface area contributed by atoms with Crippen LogP contribution in [0.1, 0.15) is 28.9 Å². The van der Waals surface area contributed by atoms with Crippen molar-refractivity contribution in [3.8, 4) is 0 Å². The van der Waals surface area contributed by atoms with Gasteiger partial charge in [0.05, 0.1) is 18.7 Å². The Morgan fingerprint density at radius 3 is 2.81 bits per heavy atom. The van der Waals surface area contributed by atoms with Crippen LogP contribution in [0.25, 0.3) is 10.4 Å². The maximum atomic E-state index is 11.2. The SMILES string of the molecule is COC(=O)c1ccc(C(C)N=[N+]=[N-])c(Cl)c1. The summed E-state index contributed by atoms with van der Waals surface area (Å²) in [7, 11) is 1.30.